The van der Waals surface area contributed by atoms with Crippen molar-refractivity contribution < 1.29 is 4.79 Å². The Kier molecular flexibility index (Phi) is 3.61. The van der Waals surface area contributed by atoms with Crippen LogP contribution in [0.3, 0.4) is 0 Å². The fourth-order valence-electron chi connectivity index (χ4n) is 3.76. The van der Waals surface area contributed by atoms with Crippen LogP contribution >= 0.6 is 0 Å². The number of nitrogens with zero attached hydrogens (tertiary/aromatic N) is 1. The smallest absolute Gasteiger partial charge is 0.194 e. The summed E-state index contributed by atoms with van der Waals surface area (Å²) in [5, 5.41) is 0. The molecule has 27 heavy (non-hydrogen) atoms. The van der Waals surface area contributed by atoms with Crippen molar-refractivity contribution in [3.8, 4) is 11.1 Å². The van der Waals surface area contributed by atoms with E-state index in [0.717, 1.165) is 39.3 Å². The second-order valence-corrected chi connectivity index (χ2v) is 6.61. The Labute approximate surface area is 158 Å². The van der Waals surface area contributed by atoms with Gasteiger partial charge in [0.2, 0.25) is 0 Å². The molecule has 0 radical (unpaired) electrons. The van der Waals surface area contributed by atoms with E-state index >= 15 is 0 Å². The van der Waals surface area contributed by atoms with Crippen molar-refractivity contribution in [2.75, 3.05) is 4.90 Å². The van der Waals surface area contributed by atoms with Crippen LogP contribution in [0.1, 0.15) is 15.9 Å². The standard InChI is InChI=1S/C25H17NO/c27-25-23-14-8-7-13-21(23)22-16-15-20(17-24(22)25)26(18-9-3-1-4-10-18)19-11-5-2-6-12-19/h1-17H. The van der Waals surface area contributed by atoms with Crippen LogP contribution in [-0.4, -0.2) is 5.78 Å². The average molecular weight is 347 g/mol. The van der Waals surface area contributed by atoms with Crippen molar-refractivity contribution in [2.24, 2.45) is 0 Å². The quantitative estimate of drug-likeness (QED) is 0.378. The zero-order valence-corrected chi connectivity index (χ0v) is 14.7. The predicted octanol–water partition coefficient (Wildman–Crippen LogP) is 6.37. The second-order valence-electron chi connectivity index (χ2n) is 6.61. The molecule has 1 aliphatic carbocycles. The zero-order valence-electron chi connectivity index (χ0n) is 14.7. The molecule has 0 N–H and O–H groups in total. The highest BCUT2D eigenvalue weighted by Gasteiger charge is 2.27. The van der Waals surface area contributed by atoms with E-state index in [2.05, 4.69) is 41.3 Å². The van der Waals surface area contributed by atoms with Gasteiger partial charge in [-0.2, -0.15) is 0 Å². The first-order chi connectivity index (χ1) is 13.3. The number of ketones is 1. The molecule has 0 heterocycles. The van der Waals surface area contributed by atoms with Crippen molar-refractivity contribution in [1.82, 2.24) is 0 Å². The lowest BCUT2D eigenvalue weighted by molar-refractivity contribution is 0.104. The Morgan fingerprint density at radius 1 is 0.444 bits per heavy atom. The van der Waals surface area contributed by atoms with E-state index in [0.29, 0.717) is 0 Å². The second kappa shape index (κ2) is 6.26. The number of fused-ring (bicyclic) bond motifs is 3. The van der Waals surface area contributed by atoms with Gasteiger partial charge in [-0.3, -0.25) is 4.79 Å². The molecule has 0 fully saturated rings. The van der Waals surface area contributed by atoms with Crippen LogP contribution in [0.5, 0.6) is 0 Å². The fourth-order valence-corrected chi connectivity index (χ4v) is 3.76. The molecule has 0 atom stereocenters. The summed E-state index contributed by atoms with van der Waals surface area (Å²) in [6, 6.07) is 34.4. The summed E-state index contributed by atoms with van der Waals surface area (Å²) in [7, 11) is 0. The first-order valence-electron chi connectivity index (χ1n) is 9.01. The minimum Gasteiger partial charge on any atom is -0.310 e. The van der Waals surface area contributed by atoms with Crippen LogP contribution in [0, 0.1) is 0 Å². The lowest BCUT2D eigenvalue weighted by Gasteiger charge is -2.25. The number of para-hydroxylation sites is 2. The lowest BCUT2D eigenvalue weighted by Crippen LogP contribution is -2.10. The number of carbonyl (C=O) groups is 1. The molecule has 2 heteroatoms. The van der Waals surface area contributed by atoms with Gasteiger partial charge in [0, 0.05) is 28.2 Å². The van der Waals surface area contributed by atoms with Crippen molar-refractivity contribution in [3.63, 3.8) is 0 Å². The molecule has 0 saturated carbocycles. The van der Waals surface area contributed by atoms with Crippen LogP contribution in [0.15, 0.2) is 103 Å². The maximum absolute atomic E-state index is 12.9. The minimum absolute atomic E-state index is 0.100. The van der Waals surface area contributed by atoms with Gasteiger partial charge in [-0.15, -0.1) is 0 Å². The van der Waals surface area contributed by atoms with Crippen molar-refractivity contribution in [1.29, 1.82) is 0 Å². The van der Waals surface area contributed by atoms with Crippen LogP contribution < -0.4 is 4.90 Å². The van der Waals surface area contributed by atoms with E-state index in [1.165, 1.54) is 0 Å². The Bertz CT molecular complexity index is 1090. The van der Waals surface area contributed by atoms with E-state index in [1.807, 2.05) is 66.7 Å². The van der Waals surface area contributed by atoms with Crippen LogP contribution in [-0.2, 0) is 0 Å². The number of hydrogen-bond donors (Lipinski definition) is 0. The summed E-state index contributed by atoms with van der Waals surface area (Å²) >= 11 is 0. The average Bonchev–Trinajstić information content (AvgIpc) is 3.02. The molecule has 0 amide bonds. The summed E-state index contributed by atoms with van der Waals surface area (Å²) in [6.45, 7) is 0. The molecule has 5 rings (SSSR count). The summed E-state index contributed by atoms with van der Waals surface area (Å²) < 4.78 is 0. The van der Waals surface area contributed by atoms with Crippen molar-refractivity contribution >= 4 is 22.8 Å². The van der Waals surface area contributed by atoms with E-state index in [-0.39, 0.29) is 5.78 Å². The molecule has 4 aromatic rings. The molecule has 0 aromatic heterocycles. The third-order valence-corrected chi connectivity index (χ3v) is 5.00. The number of rotatable bonds is 3. The maximum atomic E-state index is 12.9. The molecule has 1 aliphatic rings. The van der Waals surface area contributed by atoms with Gasteiger partial charge < -0.3 is 4.90 Å². The Morgan fingerprint density at radius 3 is 1.59 bits per heavy atom. The molecule has 0 unspecified atom stereocenters. The SMILES string of the molecule is O=C1c2ccccc2-c2ccc(N(c3ccccc3)c3ccccc3)cc21. The number of carbonyl (C=O) groups excluding carboxylic acids is 1. The molecular formula is C25H17NO. The largest absolute Gasteiger partial charge is 0.310 e. The number of anilines is 3. The van der Waals surface area contributed by atoms with E-state index in [9.17, 15) is 4.79 Å². The van der Waals surface area contributed by atoms with Gasteiger partial charge in [0.25, 0.3) is 0 Å². The molecule has 0 aliphatic heterocycles. The topological polar surface area (TPSA) is 20.3 Å². The first kappa shape index (κ1) is 15.6. The molecule has 0 bridgehead atoms. The van der Waals surface area contributed by atoms with Gasteiger partial charge in [0.1, 0.15) is 0 Å². The molecule has 4 aromatic carbocycles. The highest BCUT2D eigenvalue weighted by atomic mass is 16.1. The predicted molar refractivity (Wildman–Crippen MR) is 110 cm³/mol. The van der Waals surface area contributed by atoms with E-state index < -0.39 is 0 Å². The van der Waals surface area contributed by atoms with Gasteiger partial charge in [-0.05, 0) is 47.5 Å². The maximum Gasteiger partial charge on any atom is 0.194 e. The summed E-state index contributed by atoms with van der Waals surface area (Å²) in [5.74, 6) is 0.100. The monoisotopic (exact) mass is 347 g/mol. The Hall–Kier alpha value is -3.65. The Morgan fingerprint density at radius 2 is 0.963 bits per heavy atom. The van der Waals surface area contributed by atoms with Crippen molar-refractivity contribution in [2.45, 2.75) is 0 Å². The number of benzene rings is 4. The van der Waals surface area contributed by atoms with Gasteiger partial charge >= 0.3 is 0 Å². The minimum atomic E-state index is 0.100. The van der Waals surface area contributed by atoms with Crippen LogP contribution in [0.4, 0.5) is 17.1 Å². The lowest BCUT2D eigenvalue weighted by atomic mass is 10.0. The van der Waals surface area contributed by atoms with E-state index in [1.54, 1.807) is 0 Å². The van der Waals surface area contributed by atoms with Crippen LogP contribution in [0.25, 0.3) is 11.1 Å². The van der Waals surface area contributed by atoms with Gasteiger partial charge in [-0.1, -0.05) is 66.7 Å². The third kappa shape index (κ3) is 2.54. The first-order valence-corrected chi connectivity index (χ1v) is 9.01. The molecule has 128 valence electrons. The van der Waals surface area contributed by atoms with E-state index in [4.69, 9.17) is 0 Å². The zero-order chi connectivity index (χ0) is 18.2. The van der Waals surface area contributed by atoms with Crippen LogP contribution in [0.2, 0.25) is 0 Å². The van der Waals surface area contributed by atoms with Gasteiger partial charge in [-0.25, -0.2) is 0 Å². The third-order valence-electron chi connectivity index (χ3n) is 5.00. The number of hydrogen-bond acceptors (Lipinski definition) is 2. The molecular weight excluding hydrogens is 330 g/mol. The summed E-state index contributed by atoms with van der Waals surface area (Å²) in [6.07, 6.45) is 0. The van der Waals surface area contributed by atoms with Gasteiger partial charge in [0.05, 0.1) is 0 Å². The summed E-state index contributed by atoms with van der Waals surface area (Å²) in [5.41, 5.74) is 6.70. The Balaban J connectivity index is 1.68. The van der Waals surface area contributed by atoms with Crippen molar-refractivity contribution in [3.05, 3.63) is 114 Å². The van der Waals surface area contributed by atoms with Gasteiger partial charge in [0.15, 0.2) is 5.78 Å². The molecule has 0 spiro atoms. The molecule has 0 saturated heterocycles. The highest BCUT2D eigenvalue weighted by molar-refractivity contribution is 6.22. The summed E-state index contributed by atoms with van der Waals surface area (Å²) in [4.78, 5) is 15.1. The highest BCUT2D eigenvalue weighted by Crippen LogP contribution is 2.41. The fraction of sp³-hybridized carbons (Fsp3) is 0. The normalized spacial score (nSPS) is 11.8. The molecule has 2 nitrogen and oxygen atoms in total.